The van der Waals surface area contributed by atoms with Gasteiger partial charge in [0.1, 0.15) is 12.0 Å². The van der Waals surface area contributed by atoms with Crippen molar-refractivity contribution in [3.8, 4) is 0 Å². The summed E-state index contributed by atoms with van der Waals surface area (Å²) in [6.45, 7) is 5.27. The highest BCUT2D eigenvalue weighted by Gasteiger charge is 2.47. The van der Waals surface area contributed by atoms with Crippen LogP contribution in [0, 0.1) is 17.3 Å². The summed E-state index contributed by atoms with van der Waals surface area (Å²) in [5, 5.41) is 19.0. The molecule has 1 aliphatic carbocycles. The Labute approximate surface area is 140 Å². The van der Waals surface area contributed by atoms with Crippen LogP contribution < -0.4 is 0 Å². The number of fused-ring (bicyclic) bond motifs is 1. The van der Waals surface area contributed by atoms with Crippen molar-refractivity contribution in [1.29, 1.82) is 0 Å². The van der Waals surface area contributed by atoms with Gasteiger partial charge in [-0.25, -0.2) is 0 Å². The van der Waals surface area contributed by atoms with Gasteiger partial charge in [-0.1, -0.05) is 31.2 Å². The van der Waals surface area contributed by atoms with E-state index in [1.807, 2.05) is 6.92 Å². The van der Waals surface area contributed by atoms with Crippen LogP contribution in [0.25, 0.3) is 0 Å². The lowest BCUT2D eigenvalue weighted by atomic mass is 9.73. The van der Waals surface area contributed by atoms with E-state index in [0.29, 0.717) is 17.5 Å². The van der Waals surface area contributed by atoms with Crippen molar-refractivity contribution in [2.45, 2.75) is 39.7 Å². The van der Waals surface area contributed by atoms with Gasteiger partial charge >= 0.3 is 17.9 Å². The molecule has 1 aromatic carbocycles. The fourth-order valence-corrected chi connectivity index (χ4v) is 2.86. The van der Waals surface area contributed by atoms with Gasteiger partial charge < -0.3 is 14.9 Å². The Hall–Kier alpha value is -2.37. The Kier molecular flexibility index (Phi) is 4.96. The number of hydrogen-bond acceptors (Lipinski definition) is 4. The molecule has 0 aromatic heterocycles. The lowest BCUT2D eigenvalue weighted by molar-refractivity contribution is -0.175. The Bertz CT molecular complexity index is 663. The zero-order valence-corrected chi connectivity index (χ0v) is 14.0. The molecule has 3 unspecified atom stereocenters. The van der Waals surface area contributed by atoms with Gasteiger partial charge in [0.2, 0.25) is 0 Å². The summed E-state index contributed by atoms with van der Waals surface area (Å²) in [6.07, 6.45) is -0.472. The highest BCUT2D eigenvalue weighted by atomic mass is 16.5. The van der Waals surface area contributed by atoms with Crippen molar-refractivity contribution < 1.29 is 29.3 Å². The number of aliphatic carboxylic acids is 2. The molecule has 3 atom stereocenters. The SMILES string of the molecule is CCC(C)(C)C(=O)OC1c2ccccc2CC(C(=O)O)C1C(=O)O. The molecule has 0 amide bonds. The van der Waals surface area contributed by atoms with Crippen LogP contribution in [0.15, 0.2) is 24.3 Å². The van der Waals surface area contributed by atoms with Crippen molar-refractivity contribution >= 4 is 17.9 Å². The molecule has 0 spiro atoms. The Morgan fingerprint density at radius 2 is 1.79 bits per heavy atom. The largest absolute Gasteiger partial charge is 0.481 e. The molecule has 0 heterocycles. The Morgan fingerprint density at radius 3 is 2.33 bits per heavy atom. The average molecular weight is 334 g/mol. The number of esters is 1. The molecule has 24 heavy (non-hydrogen) atoms. The zero-order valence-electron chi connectivity index (χ0n) is 14.0. The molecular formula is C18H22O6. The van der Waals surface area contributed by atoms with Crippen LogP contribution in [0.2, 0.25) is 0 Å². The Balaban J connectivity index is 2.48. The fraction of sp³-hybridized carbons (Fsp3) is 0.500. The monoisotopic (exact) mass is 334 g/mol. The van der Waals surface area contributed by atoms with Crippen LogP contribution in [0.3, 0.4) is 0 Å². The number of hydrogen-bond donors (Lipinski definition) is 2. The third kappa shape index (κ3) is 3.27. The smallest absolute Gasteiger partial charge is 0.312 e. The topological polar surface area (TPSA) is 101 Å². The molecule has 0 aliphatic heterocycles. The van der Waals surface area contributed by atoms with Crippen molar-refractivity contribution in [2.75, 3.05) is 0 Å². The van der Waals surface area contributed by atoms with Crippen molar-refractivity contribution in [3.05, 3.63) is 35.4 Å². The summed E-state index contributed by atoms with van der Waals surface area (Å²) in [6, 6.07) is 6.92. The molecule has 0 bridgehead atoms. The maximum absolute atomic E-state index is 12.5. The molecule has 0 saturated heterocycles. The highest BCUT2D eigenvalue weighted by molar-refractivity contribution is 5.83. The van der Waals surface area contributed by atoms with Gasteiger partial charge in [0.05, 0.1) is 11.3 Å². The number of carbonyl (C=O) groups is 3. The van der Waals surface area contributed by atoms with E-state index < -0.39 is 41.3 Å². The predicted octanol–water partition coefficient (Wildman–Crippen LogP) is 2.66. The van der Waals surface area contributed by atoms with Crippen LogP contribution in [0.1, 0.15) is 44.4 Å². The van der Waals surface area contributed by atoms with E-state index in [4.69, 9.17) is 4.74 Å². The number of ether oxygens (including phenoxy) is 1. The van der Waals surface area contributed by atoms with E-state index in [1.54, 1.807) is 38.1 Å². The molecule has 6 nitrogen and oxygen atoms in total. The van der Waals surface area contributed by atoms with Gasteiger partial charge in [-0.2, -0.15) is 0 Å². The normalized spacial score (nSPS) is 23.2. The molecule has 130 valence electrons. The molecule has 6 heteroatoms. The first-order chi connectivity index (χ1) is 11.2. The first-order valence-corrected chi connectivity index (χ1v) is 7.93. The number of carboxylic acid groups (broad SMARTS) is 2. The second-order valence-electron chi connectivity index (χ2n) is 6.78. The first-order valence-electron chi connectivity index (χ1n) is 7.93. The molecule has 0 saturated carbocycles. The maximum atomic E-state index is 12.5. The maximum Gasteiger partial charge on any atom is 0.312 e. The Morgan fingerprint density at radius 1 is 1.17 bits per heavy atom. The summed E-state index contributed by atoms with van der Waals surface area (Å²) < 4.78 is 5.54. The summed E-state index contributed by atoms with van der Waals surface area (Å²) in [5.41, 5.74) is 0.505. The molecule has 1 aromatic rings. The minimum atomic E-state index is -1.31. The molecular weight excluding hydrogens is 312 g/mol. The number of rotatable bonds is 5. The fourth-order valence-electron chi connectivity index (χ4n) is 2.86. The van der Waals surface area contributed by atoms with Gasteiger partial charge in [-0.05, 0) is 37.8 Å². The van der Waals surface area contributed by atoms with Crippen LogP contribution >= 0.6 is 0 Å². The van der Waals surface area contributed by atoms with Gasteiger partial charge in [0, 0.05) is 0 Å². The summed E-state index contributed by atoms with van der Waals surface area (Å²) in [5.74, 6) is -5.45. The number of carbonyl (C=O) groups excluding carboxylic acids is 1. The van der Waals surface area contributed by atoms with Crippen LogP contribution in [0.4, 0.5) is 0 Å². The van der Waals surface area contributed by atoms with E-state index in [0.717, 1.165) is 0 Å². The third-order valence-electron chi connectivity index (χ3n) is 4.83. The first kappa shape index (κ1) is 18.0. The second-order valence-corrected chi connectivity index (χ2v) is 6.78. The summed E-state index contributed by atoms with van der Waals surface area (Å²) in [7, 11) is 0. The molecule has 2 rings (SSSR count). The van der Waals surface area contributed by atoms with Gasteiger partial charge in [-0.15, -0.1) is 0 Å². The highest BCUT2D eigenvalue weighted by Crippen LogP contribution is 2.42. The quantitative estimate of drug-likeness (QED) is 0.803. The lowest BCUT2D eigenvalue weighted by Crippen LogP contribution is -2.42. The minimum absolute atomic E-state index is 0.105. The number of carboxylic acids is 2. The third-order valence-corrected chi connectivity index (χ3v) is 4.83. The van der Waals surface area contributed by atoms with Crippen molar-refractivity contribution in [3.63, 3.8) is 0 Å². The van der Waals surface area contributed by atoms with Crippen LogP contribution in [-0.4, -0.2) is 28.1 Å². The molecule has 2 N–H and O–H groups in total. The van der Waals surface area contributed by atoms with Gasteiger partial charge in [-0.3, -0.25) is 14.4 Å². The van der Waals surface area contributed by atoms with E-state index in [2.05, 4.69) is 0 Å². The van der Waals surface area contributed by atoms with Crippen molar-refractivity contribution in [2.24, 2.45) is 17.3 Å². The van der Waals surface area contributed by atoms with Crippen LogP contribution in [0.5, 0.6) is 0 Å². The summed E-state index contributed by atoms with van der Waals surface area (Å²) in [4.78, 5) is 35.8. The summed E-state index contributed by atoms with van der Waals surface area (Å²) >= 11 is 0. The molecule has 1 aliphatic rings. The average Bonchev–Trinajstić information content (AvgIpc) is 2.53. The van der Waals surface area contributed by atoms with Gasteiger partial charge in [0.15, 0.2) is 0 Å². The van der Waals surface area contributed by atoms with Crippen molar-refractivity contribution in [1.82, 2.24) is 0 Å². The van der Waals surface area contributed by atoms with Gasteiger partial charge in [0.25, 0.3) is 0 Å². The zero-order chi connectivity index (χ0) is 18.1. The number of benzene rings is 1. The van der Waals surface area contributed by atoms with E-state index in [9.17, 15) is 24.6 Å². The van der Waals surface area contributed by atoms with E-state index >= 15 is 0 Å². The van der Waals surface area contributed by atoms with E-state index in [-0.39, 0.29) is 6.42 Å². The second kappa shape index (κ2) is 6.63. The molecule has 0 radical (unpaired) electrons. The van der Waals surface area contributed by atoms with Crippen LogP contribution in [-0.2, 0) is 25.5 Å². The lowest BCUT2D eigenvalue weighted by Gasteiger charge is -2.36. The molecule has 0 fully saturated rings. The standard InChI is InChI=1S/C18H22O6/c1-4-18(2,3)17(23)24-14-11-8-6-5-7-10(11)9-12(15(19)20)13(14)16(21)22/h5-8,12-14H,4,9H2,1-3H3,(H,19,20)(H,21,22). The minimum Gasteiger partial charge on any atom is -0.481 e. The van der Waals surface area contributed by atoms with E-state index in [1.165, 1.54) is 0 Å². The predicted molar refractivity (Wildman–Crippen MR) is 85.3 cm³/mol.